The molecule has 2 aromatic carbocycles. The molecule has 27 heavy (non-hydrogen) atoms. The lowest BCUT2D eigenvalue weighted by atomic mass is 10.0. The maximum absolute atomic E-state index is 13.3. The fourth-order valence-corrected chi connectivity index (χ4v) is 3.26. The highest BCUT2D eigenvalue weighted by Gasteiger charge is 2.35. The Kier molecular flexibility index (Phi) is 6.60. The van der Waals surface area contributed by atoms with Crippen molar-refractivity contribution in [3.63, 3.8) is 0 Å². The summed E-state index contributed by atoms with van der Waals surface area (Å²) >= 11 is 3.43. The summed E-state index contributed by atoms with van der Waals surface area (Å²) in [6.07, 6.45) is 1.73. The van der Waals surface area contributed by atoms with Crippen LogP contribution >= 0.6 is 15.9 Å². The lowest BCUT2D eigenvalue weighted by Crippen LogP contribution is -2.58. The van der Waals surface area contributed by atoms with Gasteiger partial charge in [-0.05, 0) is 73.5 Å². The molecule has 0 saturated carbocycles. The molecule has 0 atom stereocenters. The van der Waals surface area contributed by atoms with Crippen molar-refractivity contribution in [1.82, 2.24) is 10.0 Å². The molecule has 2 amide bonds. The Labute approximate surface area is 169 Å². The highest BCUT2D eigenvalue weighted by atomic mass is 79.9. The summed E-state index contributed by atoms with van der Waals surface area (Å²) < 4.78 is 0.699. The van der Waals surface area contributed by atoms with Crippen molar-refractivity contribution in [2.75, 3.05) is 6.54 Å². The molecule has 0 aromatic heterocycles. The molecule has 142 valence electrons. The molecule has 0 fully saturated rings. The molecule has 0 bridgehead atoms. The van der Waals surface area contributed by atoms with Crippen molar-refractivity contribution in [3.8, 4) is 0 Å². The summed E-state index contributed by atoms with van der Waals surface area (Å²) in [5, 5.41) is 3.04. The van der Waals surface area contributed by atoms with Crippen LogP contribution in [0.1, 0.15) is 54.0 Å². The van der Waals surface area contributed by atoms with Gasteiger partial charge in [0.25, 0.3) is 11.8 Å². The van der Waals surface area contributed by atoms with E-state index >= 15 is 0 Å². The van der Waals surface area contributed by atoms with E-state index in [1.165, 1.54) is 10.0 Å². The van der Waals surface area contributed by atoms with E-state index < -0.39 is 5.54 Å². The van der Waals surface area contributed by atoms with Crippen LogP contribution in [0.15, 0.2) is 59.6 Å². The van der Waals surface area contributed by atoms with E-state index in [9.17, 15) is 9.59 Å². The summed E-state index contributed by atoms with van der Waals surface area (Å²) in [6.45, 7) is 11.7. The molecular formula is C22H25BrN2O2. The van der Waals surface area contributed by atoms with Crippen LogP contribution in [0.3, 0.4) is 0 Å². The first-order valence-corrected chi connectivity index (χ1v) is 9.63. The molecule has 5 heteroatoms. The molecule has 0 spiro atoms. The average Bonchev–Trinajstić information content (AvgIpc) is 2.64. The Hall–Kier alpha value is -2.40. The summed E-state index contributed by atoms with van der Waals surface area (Å²) in [5.41, 5.74) is 1.39. The van der Waals surface area contributed by atoms with E-state index in [4.69, 9.17) is 0 Å². The third-order valence-electron chi connectivity index (χ3n) is 4.10. The monoisotopic (exact) mass is 428 g/mol. The third kappa shape index (κ3) is 4.66. The van der Waals surface area contributed by atoms with Gasteiger partial charge in [-0.1, -0.05) is 36.9 Å². The smallest absolute Gasteiger partial charge is 0.267 e. The molecule has 0 unspecified atom stereocenters. The number of rotatable bonds is 4. The van der Waals surface area contributed by atoms with E-state index in [2.05, 4.69) is 22.5 Å². The van der Waals surface area contributed by atoms with E-state index in [0.29, 0.717) is 22.1 Å². The van der Waals surface area contributed by atoms with Crippen LogP contribution in [0.25, 0.3) is 6.08 Å². The van der Waals surface area contributed by atoms with Gasteiger partial charge in [0.2, 0.25) is 0 Å². The van der Waals surface area contributed by atoms with Gasteiger partial charge in [-0.2, -0.15) is 0 Å². The second kappa shape index (κ2) is 8.53. The Morgan fingerprint density at radius 3 is 2.11 bits per heavy atom. The minimum absolute atomic E-state index is 0.222. The second-order valence-electron chi connectivity index (χ2n) is 7.11. The molecule has 0 aliphatic carbocycles. The Balaban J connectivity index is 2.46. The van der Waals surface area contributed by atoms with Gasteiger partial charge < -0.3 is 0 Å². The highest BCUT2D eigenvalue weighted by Crippen LogP contribution is 2.25. The topological polar surface area (TPSA) is 40.6 Å². The molecule has 0 aliphatic rings. The minimum atomic E-state index is -0.582. The van der Waals surface area contributed by atoms with Crippen molar-refractivity contribution < 1.29 is 9.59 Å². The molecule has 0 heterocycles. The molecule has 0 saturated heterocycles. The Bertz CT molecular complexity index is 838. The second-order valence-corrected chi connectivity index (χ2v) is 7.97. The minimum Gasteiger partial charge on any atom is -0.267 e. The predicted octanol–water partition coefficient (Wildman–Crippen LogP) is 5.41. The van der Waals surface area contributed by atoms with Crippen molar-refractivity contribution in [2.24, 2.45) is 0 Å². The number of amides is 2. The number of nitrogens with zero attached hydrogens (tertiary/aromatic N) is 2. The number of hydrogen-bond donors (Lipinski definition) is 0. The van der Waals surface area contributed by atoms with E-state index in [1.807, 2.05) is 58.0 Å². The summed E-state index contributed by atoms with van der Waals surface area (Å²) in [5.74, 6) is -0.448. The van der Waals surface area contributed by atoms with E-state index in [0.717, 1.165) is 5.56 Å². The lowest BCUT2D eigenvalue weighted by Gasteiger charge is -2.43. The first-order chi connectivity index (χ1) is 12.7. The van der Waals surface area contributed by atoms with Crippen LogP contribution in [0.5, 0.6) is 0 Å². The van der Waals surface area contributed by atoms with Crippen LogP contribution in [0, 0.1) is 0 Å². The first-order valence-electron chi connectivity index (χ1n) is 8.84. The summed E-state index contributed by atoms with van der Waals surface area (Å²) in [6, 6.07) is 14.4. The van der Waals surface area contributed by atoms with Crippen molar-refractivity contribution >= 4 is 33.8 Å². The number of carbonyl (C=O) groups excluding carboxylic acids is 2. The zero-order chi connectivity index (χ0) is 20.2. The number of halogens is 1. The van der Waals surface area contributed by atoms with E-state index in [-0.39, 0.29) is 11.8 Å². The quantitative estimate of drug-likeness (QED) is 0.610. The van der Waals surface area contributed by atoms with Gasteiger partial charge in [-0.25, -0.2) is 10.0 Å². The fourth-order valence-electron chi connectivity index (χ4n) is 2.81. The molecule has 0 N–H and O–H groups in total. The van der Waals surface area contributed by atoms with Gasteiger partial charge in [0.1, 0.15) is 0 Å². The molecule has 0 aliphatic heterocycles. The maximum Gasteiger partial charge on any atom is 0.273 e. The number of carbonyl (C=O) groups is 2. The van der Waals surface area contributed by atoms with Gasteiger partial charge in [0.05, 0.1) is 11.1 Å². The highest BCUT2D eigenvalue weighted by molar-refractivity contribution is 9.10. The first kappa shape index (κ1) is 20.9. The summed E-state index contributed by atoms with van der Waals surface area (Å²) in [4.78, 5) is 26.5. The lowest BCUT2D eigenvalue weighted by molar-refractivity contribution is -0.0411. The number of hydrazine groups is 1. The number of benzene rings is 2. The van der Waals surface area contributed by atoms with Crippen LogP contribution in [-0.2, 0) is 0 Å². The van der Waals surface area contributed by atoms with Crippen molar-refractivity contribution in [2.45, 2.75) is 33.2 Å². The van der Waals surface area contributed by atoms with Gasteiger partial charge in [0.15, 0.2) is 0 Å². The van der Waals surface area contributed by atoms with E-state index in [1.54, 1.807) is 24.3 Å². The standard InChI is InChI=1S/C22H25BrN2O2/c1-6-16-12-14-17(15-13-16)20(26)25(22(3,4)5)24(7-2)21(27)18-10-8-9-11-19(18)23/h6,8-15H,1,7H2,2-5H3. The molecule has 0 radical (unpaired) electrons. The molecular weight excluding hydrogens is 404 g/mol. The zero-order valence-electron chi connectivity index (χ0n) is 16.2. The van der Waals surface area contributed by atoms with Crippen LogP contribution in [0.4, 0.5) is 0 Å². The molecule has 4 nitrogen and oxygen atoms in total. The van der Waals surface area contributed by atoms with Gasteiger partial charge in [-0.3, -0.25) is 9.59 Å². The van der Waals surface area contributed by atoms with Crippen LogP contribution in [0.2, 0.25) is 0 Å². The van der Waals surface area contributed by atoms with Gasteiger partial charge in [-0.15, -0.1) is 0 Å². The molecule has 2 aromatic rings. The van der Waals surface area contributed by atoms with Gasteiger partial charge >= 0.3 is 0 Å². The molecule has 2 rings (SSSR count). The average molecular weight is 429 g/mol. The fraction of sp³-hybridized carbons (Fsp3) is 0.273. The van der Waals surface area contributed by atoms with Crippen molar-refractivity contribution in [1.29, 1.82) is 0 Å². The maximum atomic E-state index is 13.3. The van der Waals surface area contributed by atoms with Crippen LogP contribution in [-0.4, -0.2) is 33.9 Å². The number of hydrogen-bond acceptors (Lipinski definition) is 2. The van der Waals surface area contributed by atoms with Crippen molar-refractivity contribution in [3.05, 3.63) is 76.3 Å². The third-order valence-corrected chi connectivity index (χ3v) is 4.79. The zero-order valence-corrected chi connectivity index (χ0v) is 17.8. The Morgan fingerprint density at radius 2 is 1.63 bits per heavy atom. The normalized spacial score (nSPS) is 11.0. The van der Waals surface area contributed by atoms with Gasteiger partial charge in [0, 0.05) is 16.6 Å². The Morgan fingerprint density at radius 1 is 1.04 bits per heavy atom. The van der Waals surface area contributed by atoms with Crippen LogP contribution < -0.4 is 0 Å². The largest absolute Gasteiger partial charge is 0.273 e. The SMILES string of the molecule is C=Cc1ccc(C(=O)N(N(CC)C(=O)c2ccccc2Br)C(C)(C)C)cc1. The summed E-state index contributed by atoms with van der Waals surface area (Å²) in [7, 11) is 0. The predicted molar refractivity (Wildman–Crippen MR) is 113 cm³/mol.